The average Bonchev–Trinajstić information content (AvgIpc) is 2.82. The summed E-state index contributed by atoms with van der Waals surface area (Å²) in [4.78, 5) is 28.5. The molecule has 0 unspecified atom stereocenters. The predicted octanol–water partition coefficient (Wildman–Crippen LogP) is 5.50. The van der Waals surface area contributed by atoms with Crippen molar-refractivity contribution in [1.29, 1.82) is 0 Å². The topological polar surface area (TPSA) is 49.4 Å². The Bertz CT molecular complexity index is 1100. The average molecular weight is 481 g/mol. The number of halogens is 2. The third-order valence-corrected chi connectivity index (χ3v) is 6.00. The molecule has 0 aliphatic carbocycles. The van der Waals surface area contributed by atoms with Gasteiger partial charge in [-0.25, -0.2) is 4.39 Å². The first kappa shape index (κ1) is 25.4. The van der Waals surface area contributed by atoms with E-state index in [4.69, 9.17) is 11.6 Å². The van der Waals surface area contributed by atoms with E-state index in [2.05, 4.69) is 5.32 Å². The minimum atomic E-state index is -0.757. The number of nitrogens with one attached hydrogen (secondary N) is 1. The standard InChI is InChI=1S/C28H30ClFN2O2/c1-3-15-31-28(34)26(17-21-10-5-4-6-11-21)32(19-22-12-7-9-20(2)16-22)27(33)18-23-24(29)13-8-14-25(23)30/h4-14,16,26H,3,15,17-19H2,1-2H3,(H,31,34)/t26-/m0/s1. The number of carbonyl (C=O) groups is 2. The zero-order valence-corrected chi connectivity index (χ0v) is 20.3. The van der Waals surface area contributed by atoms with Gasteiger partial charge in [0.15, 0.2) is 0 Å². The molecule has 0 radical (unpaired) electrons. The lowest BCUT2D eigenvalue weighted by Gasteiger charge is -2.32. The molecule has 3 aromatic carbocycles. The number of aryl methyl sites for hydroxylation is 1. The molecule has 0 aliphatic rings. The Morgan fingerprint density at radius 1 is 1.00 bits per heavy atom. The summed E-state index contributed by atoms with van der Waals surface area (Å²) >= 11 is 6.21. The van der Waals surface area contributed by atoms with Crippen molar-refractivity contribution in [2.24, 2.45) is 0 Å². The molecule has 0 aromatic heterocycles. The number of carbonyl (C=O) groups excluding carboxylic acids is 2. The number of rotatable bonds is 10. The van der Waals surface area contributed by atoms with Crippen molar-refractivity contribution < 1.29 is 14.0 Å². The maximum Gasteiger partial charge on any atom is 0.243 e. The number of benzene rings is 3. The summed E-state index contributed by atoms with van der Waals surface area (Å²) in [5.41, 5.74) is 3.02. The molecule has 0 bridgehead atoms. The maximum absolute atomic E-state index is 14.5. The summed E-state index contributed by atoms with van der Waals surface area (Å²) in [6.07, 6.45) is 0.892. The minimum absolute atomic E-state index is 0.135. The van der Waals surface area contributed by atoms with E-state index < -0.39 is 11.9 Å². The Morgan fingerprint density at radius 3 is 2.38 bits per heavy atom. The van der Waals surface area contributed by atoms with Gasteiger partial charge in [0.25, 0.3) is 0 Å². The quantitative estimate of drug-likeness (QED) is 0.416. The van der Waals surface area contributed by atoms with Gasteiger partial charge in [0.05, 0.1) is 6.42 Å². The molecule has 178 valence electrons. The molecule has 1 atom stereocenters. The lowest BCUT2D eigenvalue weighted by molar-refractivity contribution is -0.140. The van der Waals surface area contributed by atoms with Crippen LogP contribution in [0.3, 0.4) is 0 Å². The van der Waals surface area contributed by atoms with Gasteiger partial charge in [-0.1, -0.05) is 84.8 Å². The summed E-state index contributed by atoms with van der Waals surface area (Å²) in [6.45, 7) is 4.69. The second-order valence-electron chi connectivity index (χ2n) is 8.38. The van der Waals surface area contributed by atoms with Gasteiger partial charge in [-0.15, -0.1) is 0 Å². The third kappa shape index (κ3) is 6.91. The maximum atomic E-state index is 14.5. The second kappa shape index (κ2) is 12.3. The largest absolute Gasteiger partial charge is 0.354 e. The normalized spacial score (nSPS) is 11.6. The summed E-state index contributed by atoms with van der Waals surface area (Å²) < 4.78 is 14.5. The summed E-state index contributed by atoms with van der Waals surface area (Å²) in [5, 5.41) is 3.13. The first-order valence-electron chi connectivity index (χ1n) is 11.5. The van der Waals surface area contributed by atoms with Gasteiger partial charge in [0, 0.05) is 30.1 Å². The van der Waals surface area contributed by atoms with E-state index >= 15 is 0 Å². The van der Waals surface area contributed by atoms with E-state index in [-0.39, 0.29) is 35.4 Å². The van der Waals surface area contributed by atoms with Crippen LogP contribution in [0.1, 0.15) is 35.6 Å². The molecule has 3 rings (SSSR count). The van der Waals surface area contributed by atoms with Crippen LogP contribution in [0.4, 0.5) is 4.39 Å². The fourth-order valence-electron chi connectivity index (χ4n) is 3.88. The van der Waals surface area contributed by atoms with Crippen LogP contribution in [0.15, 0.2) is 72.8 Å². The fourth-order valence-corrected chi connectivity index (χ4v) is 4.11. The molecule has 3 aromatic rings. The van der Waals surface area contributed by atoms with Crippen molar-refractivity contribution in [2.75, 3.05) is 6.54 Å². The first-order chi connectivity index (χ1) is 16.4. The molecule has 0 fully saturated rings. The van der Waals surface area contributed by atoms with Crippen molar-refractivity contribution in [3.8, 4) is 0 Å². The molecule has 0 spiro atoms. The Kier molecular flexibility index (Phi) is 9.23. The molecule has 0 heterocycles. The Hall–Kier alpha value is -3.18. The zero-order valence-electron chi connectivity index (χ0n) is 19.6. The van der Waals surface area contributed by atoms with Crippen LogP contribution < -0.4 is 5.32 Å². The molecule has 4 nitrogen and oxygen atoms in total. The van der Waals surface area contributed by atoms with E-state index in [1.807, 2.05) is 68.4 Å². The van der Waals surface area contributed by atoms with Gasteiger partial charge >= 0.3 is 0 Å². The smallest absolute Gasteiger partial charge is 0.243 e. The van der Waals surface area contributed by atoms with E-state index in [1.54, 1.807) is 11.0 Å². The number of nitrogens with zero attached hydrogens (tertiary/aromatic N) is 1. The molecule has 0 aliphatic heterocycles. The first-order valence-corrected chi connectivity index (χ1v) is 11.9. The Labute approximate surface area is 205 Å². The molecule has 1 N–H and O–H groups in total. The lowest BCUT2D eigenvalue weighted by atomic mass is 10.0. The molecule has 2 amide bonds. The van der Waals surface area contributed by atoms with Crippen molar-refractivity contribution in [1.82, 2.24) is 10.2 Å². The second-order valence-corrected chi connectivity index (χ2v) is 8.79. The highest BCUT2D eigenvalue weighted by Crippen LogP contribution is 2.22. The van der Waals surface area contributed by atoms with Gasteiger partial charge in [-0.2, -0.15) is 0 Å². The van der Waals surface area contributed by atoms with Crippen LogP contribution in [-0.4, -0.2) is 29.3 Å². The van der Waals surface area contributed by atoms with Crippen molar-refractivity contribution in [3.63, 3.8) is 0 Å². The van der Waals surface area contributed by atoms with E-state index in [0.717, 1.165) is 23.1 Å². The molecular weight excluding hydrogens is 451 g/mol. The summed E-state index contributed by atoms with van der Waals surface area (Å²) in [7, 11) is 0. The molecule has 34 heavy (non-hydrogen) atoms. The molecular formula is C28H30ClFN2O2. The van der Waals surface area contributed by atoms with E-state index in [1.165, 1.54) is 12.1 Å². The monoisotopic (exact) mass is 480 g/mol. The Balaban J connectivity index is 1.99. The molecule has 0 saturated carbocycles. The van der Waals surface area contributed by atoms with Crippen LogP contribution in [0.5, 0.6) is 0 Å². The van der Waals surface area contributed by atoms with Crippen molar-refractivity contribution in [3.05, 3.63) is 106 Å². The van der Waals surface area contributed by atoms with Crippen LogP contribution in [0, 0.1) is 12.7 Å². The van der Waals surface area contributed by atoms with E-state index in [0.29, 0.717) is 13.0 Å². The van der Waals surface area contributed by atoms with Crippen LogP contribution in [0.25, 0.3) is 0 Å². The van der Waals surface area contributed by atoms with Crippen molar-refractivity contribution >= 4 is 23.4 Å². The Morgan fingerprint density at radius 2 is 1.71 bits per heavy atom. The van der Waals surface area contributed by atoms with Crippen molar-refractivity contribution in [2.45, 2.75) is 45.7 Å². The number of amides is 2. The van der Waals surface area contributed by atoms with Gasteiger partial charge < -0.3 is 10.2 Å². The third-order valence-electron chi connectivity index (χ3n) is 5.65. The van der Waals surface area contributed by atoms with Crippen LogP contribution >= 0.6 is 11.6 Å². The number of hydrogen-bond donors (Lipinski definition) is 1. The highest BCUT2D eigenvalue weighted by Gasteiger charge is 2.31. The molecule has 0 saturated heterocycles. The summed E-state index contributed by atoms with van der Waals surface area (Å²) in [6, 6.07) is 21.0. The summed E-state index contributed by atoms with van der Waals surface area (Å²) in [5.74, 6) is -1.13. The molecule has 6 heteroatoms. The van der Waals surface area contributed by atoms with Crippen LogP contribution in [0.2, 0.25) is 5.02 Å². The van der Waals surface area contributed by atoms with Gasteiger partial charge in [-0.05, 0) is 36.6 Å². The van der Waals surface area contributed by atoms with Gasteiger partial charge in [0.2, 0.25) is 11.8 Å². The highest BCUT2D eigenvalue weighted by atomic mass is 35.5. The van der Waals surface area contributed by atoms with Gasteiger partial charge in [0.1, 0.15) is 11.9 Å². The zero-order chi connectivity index (χ0) is 24.5. The fraction of sp³-hybridized carbons (Fsp3) is 0.286. The highest BCUT2D eigenvalue weighted by molar-refractivity contribution is 6.31. The van der Waals surface area contributed by atoms with E-state index in [9.17, 15) is 14.0 Å². The van der Waals surface area contributed by atoms with Crippen LogP contribution in [-0.2, 0) is 29.0 Å². The minimum Gasteiger partial charge on any atom is -0.354 e. The van der Waals surface area contributed by atoms with Gasteiger partial charge in [-0.3, -0.25) is 9.59 Å². The predicted molar refractivity (Wildman–Crippen MR) is 134 cm³/mol. The lowest BCUT2D eigenvalue weighted by Crippen LogP contribution is -2.51. The SMILES string of the molecule is CCCNC(=O)[C@H](Cc1ccccc1)N(Cc1cccc(C)c1)C(=O)Cc1c(F)cccc1Cl. The number of hydrogen-bond acceptors (Lipinski definition) is 2.